The number of hydrogen-bond donors (Lipinski definition) is 0. The molecule has 0 aliphatic carbocycles. The van der Waals surface area contributed by atoms with Crippen LogP contribution in [0.15, 0.2) is 24.3 Å². The zero-order valence-electron chi connectivity index (χ0n) is 18.2. The van der Waals surface area contributed by atoms with E-state index in [2.05, 4.69) is 27.7 Å². The number of ether oxygens (including phenoxy) is 2. The molecular formula is C24H38O4. The second-order valence-electron chi connectivity index (χ2n) is 8.34. The Kier molecular flexibility index (Phi) is 12.3. The minimum absolute atomic E-state index is 0.382. The highest BCUT2D eigenvalue weighted by molar-refractivity contribution is 5.95. The van der Waals surface area contributed by atoms with Crippen molar-refractivity contribution in [1.82, 2.24) is 0 Å². The first-order valence-electron chi connectivity index (χ1n) is 10.8. The van der Waals surface area contributed by atoms with E-state index in [4.69, 9.17) is 9.47 Å². The topological polar surface area (TPSA) is 52.6 Å². The summed E-state index contributed by atoms with van der Waals surface area (Å²) in [5.41, 5.74) is 0.794. The van der Waals surface area contributed by atoms with E-state index in [-0.39, 0.29) is 11.9 Å². The molecule has 158 valence electrons. The van der Waals surface area contributed by atoms with Gasteiger partial charge in [0.2, 0.25) is 0 Å². The van der Waals surface area contributed by atoms with Gasteiger partial charge in [-0.05, 0) is 42.9 Å². The monoisotopic (exact) mass is 390 g/mol. The van der Waals surface area contributed by atoms with Gasteiger partial charge < -0.3 is 9.47 Å². The third kappa shape index (κ3) is 11.1. The lowest BCUT2D eigenvalue weighted by molar-refractivity contribution is 0.0496. The summed E-state index contributed by atoms with van der Waals surface area (Å²) in [6.07, 6.45) is 8.60. The van der Waals surface area contributed by atoms with E-state index in [1.165, 1.54) is 12.8 Å². The van der Waals surface area contributed by atoms with Crippen LogP contribution in [0.4, 0.5) is 0 Å². The molecule has 0 amide bonds. The molecule has 0 aliphatic rings. The molecule has 28 heavy (non-hydrogen) atoms. The van der Waals surface area contributed by atoms with Gasteiger partial charge >= 0.3 is 11.9 Å². The second-order valence-corrected chi connectivity index (χ2v) is 8.34. The molecule has 4 nitrogen and oxygen atoms in total. The third-order valence-corrected chi connectivity index (χ3v) is 4.65. The zero-order valence-corrected chi connectivity index (χ0v) is 18.2. The number of unbranched alkanes of at least 4 members (excludes halogenated alkanes) is 4. The summed E-state index contributed by atoms with van der Waals surface area (Å²) >= 11 is 0. The summed E-state index contributed by atoms with van der Waals surface area (Å²) < 4.78 is 10.6. The summed E-state index contributed by atoms with van der Waals surface area (Å²) in [5, 5.41) is 0. The van der Waals surface area contributed by atoms with Crippen LogP contribution in [0.1, 0.15) is 99.8 Å². The molecule has 0 N–H and O–H groups in total. The van der Waals surface area contributed by atoms with Crippen LogP contribution in [-0.2, 0) is 9.47 Å². The lowest BCUT2D eigenvalue weighted by Crippen LogP contribution is -2.10. The Hall–Kier alpha value is -1.84. The first kappa shape index (κ1) is 24.2. The smallest absolute Gasteiger partial charge is 0.338 e. The Morgan fingerprint density at radius 3 is 1.54 bits per heavy atom. The zero-order chi connectivity index (χ0) is 20.8. The van der Waals surface area contributed by atoms with Crippen LogP contribution in [-0.4, -0.2) is 25.2 Å². The van der Waals surface area contributed by atoms with Gasteiger partial charge in [0, 0.05) is 0 Å². The Bertz CT molecular complexity index is 530. The second kappa shape index (κ2) is 14.2. The SMILES string of the molecule is CC(C)CCCCCOC(=O)c1cccc(C(=O)OCCCCCC(C)C)c1. The van der Waals surface area contributed by atoms with Crippen LogP contribution < -0.4 is 0 Å². The van der Waals surface area contributed by atoms with E-state index in [1.54, 1.807) is 24.3 Å². The minimum atomic E-state index is -0.382. The Morgan fingerprint density at radius 1 is 0.714 bits per heavy atom. The lowest BCUT2D eigenvalue weighted by Gasteiger charge is -2.08. The van der Waals surface area contributed by atoms with E-state index in [9.17, 15) is 9.59 Å². The number of carbonyl (C=O) groups excluding carboxylic acids is 2. The summed E-state index contributed by atoms with van der Waals surface area (Å²) in [5.74, 6) is 0.662. The van der Waals surface area contributed by atoms with Crippen LogP contribution in [0.2, 0.25) is 0 Å². The fourth-order valence-electron chi connectivity index (χ4n) is 2.93. The standard InChI is InChI=1S/C24H38O4/c1-19(2)12-7-5-9-16-27-23(25)21-14-11-15-22(18-21)24(26)28-17-10-6-8-13-20(3)4/h11,14-15,18-20H,5-10,12-13,16-17H2,1-4H3. The van der Waals surface area contributed by atoms with Crippen molar-refractivity contribution in [2.75, 3.05) is 13.2 Å². The summed E-state index contributed by atoms with van der Waals surface area (Å²) in [6, 6.07) is 6.59. The van der Waals surface area contributed by atoms with Crippen molar-refractivity contribution >= 4 is 11.9 Å². The maximum atomic E-state index is 12.2. The van der Waals surface area contributed by atoms with E-state index in [1.807, 2.05) is 0 Å². The molecule has 0 saturated carbocycles. The molecular weight excluding hydrogens is 352 g/mol. The van der Waals surface area contributed by atoms with Gasteiger partial charge in [0.05, 0.1) is 24.3 Å². The van der Waals surface area contributed by atoms with E-state index >= 15 is 0 Å². The summed E-state index contributed by atoms with van der Waals surface area (Å²) in [4.78, 5) is 24.3. The number of benzene rings is 1. The van der Waals surface area contributed by atoms with Crippen molar-refractivity contribution in [3.05, 3.63) is 35.4 Å². The molecule has 1 aromatic carbocycles. The van der Waals surface area contributed by atoms with Crippen LogP contribution in [0, 0.1) is 11.8 Å². The number of hydrogen-bond acceptors (Lipinski definition) is 4. The molecule has 1 aromatic rings. The first-order valence-corrected chi connectivity index (χ1v) is 10.8. The number of rotatable bonds is 14. The highest BCUT2D eigenvalue weighted by atomic mass is 16.5. The predicted octanol–water partition coefficient (Wildman–Crippen LogP) is 6.43. The number of esters is 2. The highest BCUT2D eigenvalue weighted by Gasteiger charge is 2.12. The molecule has 1 rings (SSSR count). The van der Waals surface area contributed by atoms with Crippen molar-refractivity contribution in [1.29, 1.82) is 0 Å². The average Bonchev–Trinajstić information content (AvgIpc) is 2.66. The third-order valence-electron chi connectivity index (χ3n) is 4.65. The van der Waals surface area contributed by atoms with Crippen LogP contribution in [0.3, 0.4) is 0 Å². The van der Waals surface area contributed by atoms with Gasteiger partial charge in [-0.3, -0.25) is 0 Å². The quantitative estimate of drug-likeness (QED) is 0.271. The van der Waals surface area contributed by atoms with E-state index in [0.29, 0.717) is 36.2 Å². The van der Waals surface area contributed by atoms with Crippen LogP contribution in [0.5, 0.6) is 0 Å². The number of carbonyl (C=O) groups is 2. The van der Waals surface area contributed by atoms with Gasteiger partial charge in [0.25, 0.3) is 0 Å². The largest absolute Gasteiger partial charge is 0.462 e. The molecule has 0 saturated heterocycles. The fourth-order valence-corrected chi connectivity index (χ4v) is 2.93. The first-order chi connectivity index (χ1) is 13.4. The average molecular weight is 391 g/mol. The Morgan fingerprint density at radius 2 is 1.14 bits per heavy atom. The van der Waals surface area contributed by atoms with Gasteiger partial charge in [-0.25, -0.2) is 9.59 Å². The fraction of sp³-hybridized carbons (Fsp3) is 0.667. The normalized spacial score (nSPS) is 11.1. The molecule has 4 heteroatoms. The van der Waals surface area contributed by atoms with Crippen molar-refractivity contribution in [2.24, 2.45) is 11.8 Å². The molecule has 0 unspecified atom stereocenters. The van der Waals surface area contributed by atoms with Gasteiger partial charge in [0.15, 0.2) is 0 Å². The van der Waals surface area contributed by atoms with Crippen molar-refractivity contribution in [3.8, 4) is 0 Å². The molecule has 0 radical (unpaired) electrons. The van der Waals surface area contributed by atoms with Crippen molar-refractivity contribution in [3.63, 3.8) is 0 Å². The molecule has 0 aromatic heterocycles. The van der Waals surface area contributed by atoms with E-state index in [0.717, 1.165) is 38.5 Å². The van der Waals surface area contributed by atoms with Crippen molar-refractivity contribution < 1.29 is 19.1 Å². The Labute approximate surface area is 171 Å². The van der Waals surface area contributed by atoms with Crippen LogP contribution in [0.25, 0.3) is 0 Å². The predicted molar refractivity (Wildman–Crippen MR) is 114 cm³/mol. The van der Waals surface area contributed by atoms with Crippen LogP contribution >= 0.6 is 0 Å². The van der Waals surface area contributed by atoms with Gasteiger partial charge in [-0.1, -0.05) is 72.3 Å². The van der Waals surface area contributed by atoms with Gasteiger partial charge in [-0.2, -0.15) is 0 Å². The molecule has 0 spiro atoms. The Balaban J connectivity index is 2.31. The van der Waals surface area contributed by atoms with Gasteiger partial charge in [-0.15, -0.1) is 0 Å². The minimum Gasteiger partial charge on any atom is -0.462 e. The lowest BCUT2D eigenvalue weighted by atomic mass is 10.1. The van der Waals surface area contributed by atoms with Crippen molar-refractivity contribution in [2.45, 2.75) is 79.1 Å². The molecule has 0 bridgehead atoms. The molecule has 0 heterocycles. The summed E-state index contributed by atoms with van der Waals surface area (Å²) in [7, 11) is 0. The van der Waals surface area contributed by atoms with Gasteiger partial charge in [0.1, 0.15) is 0 Å². The molecule has 0 atom stereocenters. The maximum Gasteiger partial charge on any atom is 0.338 e. The maximum absolute atomic E-state index is 12.2. The molecule has 0 fully saturated rings. The summed E-state index contributed by atoms with van der Waals surface area (Å²) in [6.45, 7) is 9.69. The highest BCUT2D eigenvalue weighted by Crippen LogP contribution is 2.12. The van der Waals surface area contributed by atoms with E-state index < -0.39 is 0 Å². The molecule has 0 aliphatic heterocycles.